The molecule has 0 bridgehead atoms. The van der Waals surface area contributed by atoms with Crippen LogP contribution in [0.25, 0.3) is 0 Å². The van der Waals surface area contributed by atoms with Gasteiger partial charge in [-0.05, 0) is 18.1 Å². The molecular formula is C12H13N3. The van der Waals surface area contributed by atoms with E-state index in [0.29, 0.717) is 11.6 Å². The van der Waals surface area contributed by atoms with Crippen LogP contribution in [0.4, 0.5) is 11.4 Å². The lowest BCUT2D eigenvalue weighted by molar-refractivity contribution is 0.623. The Hall–Kier alpha value is -1.82. The van der Waals surface area contributed by atoms with E-state index in [1.165, 1.54) is 0 Å². The molecule has 1 aliphatic heterocycles. The number of para-hydroxylation sites is 2. The third kappa shape index (κ3) is 1.71. The molecule has 0 radical (unpaired) electrons. The number of hydrogen-bond acceptors (Lipinski definition) is 3. The lowest BCUT2D eigenvalue weighted by atomic mass is 9.97. The van der Waals surface area contributed by atoms with E-state index in [2.05, 4.69) is 30.2 Å². The maximum atomic E-state index is 9.02. The number of benzene rings is 1. The van der Waals surface area contributed by atoms with Crippen molar-refractivity contribution >= 4 is 17.1 Å². The van der Waals surface area contributed by atoms with E-state index in [9.17, 15) is 0 Å². The predicted molar refractivity (Wildman–Crippen MR) is 61.4 cm³/mol. The van der Waals surface area contributed by atoms with Gasteiger partial charge in [-0.1, -0.05) is 26.0 Å². The number of nitriles is 1. The summed E-state index contributed by atoms with van der Waals surface area (Å²) in [6.45, 7) is 4.16. The minimum absolute atomic E-state index is 0.0323. The quantitative estimate of drug-likeness (QED) is 0.756. The highest BCUT2D eigenvalue weighted by atomic mass is 15.0. The van der Waals surface area contributed by atoms with Gasteiger partial charge in [0.2, 0.25) is 0 Å². The number of fused-ring (bicyclic) bond motifs is 1. The molecule has 2 rings (SSSR count). The molecule has 3 nitrogen and oxygen atoms in total. The average Bonchev–Trinajstić information content (AvgIpc) is 2.27. The highest BCUT2D eigenvalue weighted by Crippen LogP contribution is 2.30. The molecule has 0 saturated heterocycles. The SMILES string of the molecule is CC(C)C1Nc2ccccc2N=C1C#N. The lowest BCUT2D eigenvalue weighted by Gasteiger charge is -2.26. The Morgan fingerprint density at radius 1 is 1.40 bits per heavy atom. The first-order valence-corrected chi connectivity index (χ1v) is 5.06. The number of rotatable bonds is 1. The van der Waals surface area contributed by atoms with E-state index in [-0.39, 0.29) is 6.04 Å². The minimum Gasteiger partial charge on any atom is -0.374 e. The van der Waals surface area contributed by atoms with Gasteiger partial charge >= 0.3 is 0 Å². The highest BCUT2D eigenvalue weighted by molar-refractivity contribution is 6.08. The normalized spacial score (nSPS) is 18.8. The molecule has 0 aliphatic carbocycles. The van der Waals surface area contributed by atoms with Gasteiger partial charge in [-0.25, -0.2) is 4.99 Å². The Balaban J connectivity index is 2.45. The van der Waals surface area contributed by atoms with Crippen LogP contribution in [0.3, 0.4) is 0 Å². The third-order valence-electron chi connectivity index (χ3n) is 2.53. The Kier molecular flexibility index (Phi) is 2.42. The largest absolute Gasteiger partial charge is 0.374 e. The summed E-state index contributed by atoms with van der Waals surface area (Å²) in [6.07, 6.45) is 0. The second-order valence-electron chi connectivity index (χ2n) is 3.99. The van der Waals surface area contributed by atoms with Crippen LogP contribution in [0.1, 0.15) is 13.8 Å². The summed E-state index contributed by atoms with van der Waals surface area (Å²) in [5.74, 6) is 0.358. The van der Waals surface area contributed by atoms with Crippen LogP contribution >= 0.6 is 0 Å². The third-order valence-corrected chi connectivity index (χ3v) is 2.53. The number of nitrogens with one attached hydrogen (secondary N) is 1. The van der Waals surface area contributed by atoms with Crippen LogP contribution in [-0.4, -0.2) is 11.8 Å². The first-order valence-electron chi connectivity index (χ1n) is 5.06. The molecule has 3 heteroatoms. The van der Waals surface area contributed by atoms with Crippen LogP contribution in [0.5, 0.6) is 0 Å². The van der Waals surface area contributed by atoms with E-state index in [1.54, 1.807) is 0 Å². The second kappa shape index (κ2) is 3.74. The Morgan fingerprint density at radius 2 is 2.13 bits per heavy atom. The molecule has 0 spiro atoms. The summed E-state index contributed by atoms with van der Waals surface area (Å²) in [5.41, 5.74) is 2.44. The van der Waals surface area contributed by atoms with Gasteiger partial charge in [-0.3, -0.25) is 0 Å². The fourth-order valence-corrected chi connectivity index (χ4v) is 1.71. The van der Waals surface area contributed by atoms with Gasteiger partial charge in [0.25, 0.3) is 0 Å². The van der Waals surface area contributed by atoms with E-state index < -0.39 is 0 Å². The molecule has 15 heavy (non-hydrogen) atoms. The number of anilines is 1. The Morgan fingerprint density at radius 3 is 2.80 bits per heavy atom. The predicted octanol–water partition coefficient (Wildman–Crippen LogP) is 2.73. The van der Waals surface area contributed by atoms with Crippen LogP contribution in [-0.2, 0) is 0 Å². The fraction of sp³-hybridized carbons (Fsp3) is 0.333. The lowest BCUT2D eigenvalue weighted by Crippen LogP contribution is -2.35. The van der Waals surface area contributed by atoms with Gasteiger partial charge in [-0.15, -0.1) is 0 Å². The Bertz CT molecular complexity index is 440. The van der Waals surface area contributed by atoms with Crippen molar-refractivity contribution in [2.24, 2.45) is 10.9 Å². The zero-order valence-electron chi connectivity index (χ0n) is 8.86. The zero-order chi connectivity index (χ0) is 10.8. The molecule has 1 aliphatic rings. The minimum atomic E-state index is 0.0323. The summed E-state index contributed by atoms with van der Waals surface area (Å²) in [5, 5.41) is 12.4. The van der Waals surface area contributed by atoms with Gasteiger partial charge < -0.3 is 5.32 Å². The van der Waals surface area contributed by atoms with Gasteiger partial charge in [0.05, 0.1) is 17.4 Å². The molecule has 0 fully saturated rings. The maximum absolute atomic E-state index is 9.02. The van der Waals surface area contributed by atoms with Crippen LogP contribution < -0.4 is 5.32 Å². The van der Waals surface area contributed by atoms with Gasteiger partial charge in [0, 0.05) is 0 Å². The van der Waals surface area contributed by atoms with Crippen molar-refractivity contribution < 1.29 is 0 Å². The van der Waals surface area contributed by atoms with Crippen molar-refractivity contribution in [3.8, 4) is 6.07 Å². The van der Waals surface area contributed by atoms with Crippen molar-refractivity contribution in [2.75, 3.05) is 5.32 Å². The smallest absolute Gasteiger partial charge is 0.140 e. The second-order valence-corrected chi connectivity index (χ2v) is 3.99. The molecule has 0 amide bonds. The number of aliphatic imine (C=N–C) groups is 1. The molecule has 0 saturated carbocycles. The van der Waals surface area contributed by atoms with E-state index in [4.69, 9.17) is 5.26 Å². The summed E-state index contributed by atoms with van der Waals surface area (Å²) in [7, 11) is 0. The number of hydrogen-bond donors (Lipinski definition) is 1. The van der Waals surface area contributed by atoms with E-state index >= 15 is 0 Å². The van der Waals surface area contributed by atoms with E-state index in [0.717, 1.165) is 11.4 Å². The molecule has 76 valence electrons. The molecule has 1 aromatic carbocycles. The van der Waals surface area contributed by atoms with Crippen molar-refractivity contribution in [2.45, 2.75) is 19.9 Å². The number of nitrogens with zero attached hydrogens (tertiary/aromatic N) is 2. The molecule has 1 N–H and O–H groups in total. The fourth-order valence-electron chi connectivity index (χ4n) is 1.71. The highest BCUT2D eigenvalue weighted by Gasteiger charge is 2.24. The van der Waals surface area contributed by atoms with Crippen molar-refractivity contribution in [1.29, 1.82) is 5.26 Å². The Labute approximate surface area is 89.5 Å². The molecule has 1 unspecified atom stereocenters. The van der Waals surface area contributed by atoms with Gasteiger partial charge in [0.15, 0.2) is 0 Å². The van der Waals surface area contributed by atoms with Gasteiger partial charge in [-0.2, -0.15) is 5.26 Å². The maximum Gasteiger partial charge on any atom is 0.140 e. The molecule has 0 aromatic heterocycles. The standard InChI is InChI=1S/C12H13N3/c1-8(2)12-11(7-13)14-9-5-3-4-6-10(9)15-12/h3-6,8,12,15H,1-2H3. The topological polar surface area (TPSA) is 48.2 Å². The molecule has 1 heterocycles. The monoisotopic (exact) mass is 199 g/mol. The summed E-state index contributed by atoms with van der Waals surface area (Å²) in [4.78, 5) is 4.36. The van der Waals surface area contributed by atoms with Crippen molar-refractivity contribution in [3.05, 3.63) is 24.3 Å². The van der Waals surface area contributed by atoms with Crippen molar-refractivity contribution in [1.82, 2.24) is 0 Å². The summed E-state index contributed by atoms with van der Waals surface area (Å²) in [6, 6.07) is 9.99. The summed E-state index contributed by atoms with van der Waals surface area (Å²) < 4.78 is 0. The van der Waals surface area contributed by atoms with Crippen LogP contribution in [0, 0.1) is 17.2 Å². The van der Waals surface area contributed by atoms with Gasteiger partial charge in [0.1, 0.15) is 11.8 Å². The molecular weight excluding hydrogens is 186 g/mol. The van der Waals surface area contributed by atoms with Crippen LogP contribution in [0.15, 0.2) is 29.3 Å². The zero-order valence-corrected chi connectivity index (χ0v) is 8.86. The summed E-state index contributed by atoms with van der Waals surface area (Å²) >= 11 is 0. The van der Waals surface area contributed by atoms with Crippen LogP contribution in [0.2, 0.25) is 0 Å². The van der Waals surface area contributed by atoms with Crippen molar-refractivity contribution in [3.63, 3.8) is 0 Å². The van der Waals surface area contributed by atoms with E-state index in [1.807, 2.05) is 24.3 Å². The first-order chi connectivity index (χ1) is 7.22. The first kappa shape index (κ1) is 9.72. The molecule has 1 aromatic rings. The average molecular weight is 199 g/mol. The molecule has 1 atom stereocenters.